The molecular formula is C13H8Cl2N4O. The minimum Gasteiger partial charge on any atom is -0.383 e. The first-order valence-electron chi connectivity index (χ1n) is 5.65. The van der Waals surface area contributed by atoms with Crippen LogP contribution in [0.25, 0.3) is 22.8 Å². The van der Waals surface area contributed by atoms with Gasteiger partial charge in [0.15, 0.2) is 0 Å². The van der Waals surface area contributed by atoms with Gasteiger partial charge >= 0.3 is 0 Å². The minimum absolute atomic E-state index is 0.302. The highest BCUT2D eigenvalue weighted by Crippen LogP contribution is 2.29. The molecule has 3 rings (SSSR count). The van der Waals surface area contributed by atoms with Crippen LogP contribution >= 0.6 is 23.2 Å². The second-order valence-corrected chi connectivity index (χ2v) is 4.80. The summed E-state index contributed by atoms with van der Waals surface area (Å²) in [5.41, 5.74) is 7.06. The summed E-state index contributed by atoms with van der Waals surface area (Å²) in [6.45, 7) is 0. The number of nitrogens with zero attached hydrogens (tertiary/aromatic N) is 3. The zero-order valence-electron chi connectivity index (χ0n) is 10.0. The number of nitrogens with two attached hydrogens (primary N) is 1. The first kappa shape index (κ1) is 12.9. The smallest absolute Gasteiger partial charge is 0.261 e. The van der Waals surface area contributed by atoms with Gasteiger partial charge in [-0.1, -0.05) is 28.4 Å². The fraction of sp³-hybridized carbons (Fsp3) is 0. The third-order valence-corrected chi connectivity index (χ3v) is 3.41. The highest BCUT2D eigenvalue weighted by atomic mass is 35.5. The molecule has 0 saturated carbocycles. The largest absolute Gasteiger partial charge is 0.383 e. The maximum atomic E-state index is 5.96. The summed E-state index contributed by atoms with van der Waals surface area (Å²) >= 11 is 11.8. The molecule has 7 heteroatoms. The lowest BCUT2D eigenvalue weighted by Gasteiger charge is -1.98. The van der Waals surface area contributed by atoms with Crippen molar-refractivity contribution in [1.82, 2.24) is 15.1 Å². The van der Waals surface area contributed by atoms with E-state index < -0.39 is 0 Å². The Kier molecular flexibility index (Phi) is 3.30. The van der Waals surface area contributed by atoms with Crippen LogP contribution in [0.15, 0.2) is 41.1 Å². The SMILES string of the molecule is Nc1ncccc1-c1nc(-c2ccc(Cl)c(Cl)c2)no1. The van der Waals surface area contributed by atoms with Crippen molar-refractivity contribution in [3.8, 4) is 22.8 Å². The van der Waals surface area contributed by atoms with E-state index in [9.17, 15) is 0 Å². The lowest BCUT2D eigenvalue weighted by Crippen LogP contribution is -1.93. The number of benzene rings is 1. The van der Waals surface area contributed by atoms with Crippen LogP contribution in [-0.2, 0) is 0 Å². The van der Waals surface area contributed by atoms with E-state index in [0.29, 0.717) is 38.7 Å². The maximum Gasteiger partial charge on any atom is 0.261 e. The molecule has 0 fully saturated rings. The summed E-state index contributed by atoms with van der Waals surface area (Å²) in [5.74, 6) is 1.04. The van der Waals surface area contributed by atoms with Crippen LogP contribution in [0, 0.1) is 0 Å². The van der Waals surface area contributed by atoms with Gasteiger partial charge in [0.05, 0.1) is 15.6 Å². The van der Waals surface area contributed by atoms with Crippen LogP contribution in [0.3, 0.4) is 0 Å². The number of pyridine rings is 1. The molecule has 0 aliphatic carbocycles. The van der Waals surface area contributed by atoms with Crippen molar-refractivity contribution in [2.75, 3.05) is 5.73 Å². The number of rotatable bonds is 2. The van der Waals surface area contributed by atoms with Crippen molar-refractivity contribution in [3.05, 3.63) is 46.6 Å². The van der Waals surface area contributed by atoms with Gasteiger partial charge in [0, 0.05) is 11.8 Å². The van der Waals surface area contributed by atoms with Gasteiger partial charge in [0.2, 0.25) is 5.82 Å². The average molecular weight is 307 g/mol. The van der Waals surface area contributed by atoms with Gasteiger partial charge in [0.1, 0.15) is 5.82 Å². The van der Waals surface area contributed by atoms with Crippen LogP contribution in [0.1, 0.15) is 0 Å². The lowest BCUT2D eigenvalue weighted by molar-refractivity contribution is 0.432. The molecule has 0 radical (unpaired) electrons. The van der Waals surface area contributed by atoms with Crippen LogP contribution in [0.4, 0.5) is 5.82 Å². The summed E-state index contributed by atoms with van der Waals surface area (Å²) in [6, 6.07) is 8.61. The molecule has 0 unspecified atom stereocenters. The van der Waals surface area contributed by atoms with E-state index in [1.807, 2.05) is 0 Å². The zero-order valence-corrected chi connectivity index (χ0v) is 11.6. The molecule has 0 bridgehead atoms. The van der Waals surface area contributed by atoms with Crippen molar-refractivity contribution in [1.29, 1.82) is 0 Å². The topological polar surface area (TPSA) is 77.8 Å². The van der Waals surface area contributed by atoms with Gasteiger partial charge in [-0.05, 0) is 30.3 Å². The first-order chi connectivity index (χ1) is 9.65. The van der Waals surface area contributed by atoms with Crippen molar-refractivity contribution >= 4 is 29.0 Å². The average Bonchev–Trinajstić information content (AvgIpc) is 2.92. The summed E-state index contributed by atoms with van der Waals surface area (Å²) < 4.78 is 5.20. The number of nitrogen functional groups attached to an aromatic ring is 1. The molecule has 2 aromatic heterocycles. The Morgan fingerprint density at radius 3 is 2.70 bits per heavy atom. The van der Waals surface area contributed by atoms with E-state index >= 15 is 0 Å². The zero-order chi connectivity index (χ0) is 14.1. The van der Waals surface area contributed by atoms with Gasteiger partial charge in [0.25, 0.3) is 5.89 Å². The molecule has 0 amide bonds. The van der Waals surface area contributed by atoms with Crippen molar-refractivity contribution in [3.63, 3.8) is 0 Å². The second kappa shape index (κ2) is 5.11. The fourth-order valence-electron chi connectivity index (χ4n) is 1.68. The van der Waals surface area contributed by atoms with Crippen molar-refractivity contribution in [2.24, 2.45) is 0 Å². The molecule has 0 spiro atoms. The summed E-state index contributed by atoms with van der Waals surface area (Å²) in [7, 11) is 0. The third kappa shape index (κ3) is 2.33. The first-order valence-corrected chi connectivity index (χ1v) is 6.41. The van der Waals surface area contributed by atoms with Crippen LogP contribution in [0.5, 0.6) is 0 Å². The number of aromatic nitrogens is 3. The molecule has 20 heavy (non-hydrogen) atoms. The quantitative estimate of drug-likeness (QED) is 0.781. The van der Waals surface area contributed by atoms with Gasteiger partial charge in [-0.2, -0.15) is 4.98 Å². The van der Waals surface area contributed by atoms with Crippen molar-refractivity contribution in [2.45, 2.75) is 0 Å². The molecule has 100 valence electrons. The van der Waals surface area contributed by atoms with E-state index in [1.165, 1.54) is 0 Å². The Hall–Kier alpha value is -2.11. The highest BCUT2D eigenvalue weighted by Gasteiger charge is 2.14. The molecular weight excluding hydrogens is 299 g/mol. The molecule has 0 saturated heterocycles. The monoisotopic (exact) mass is 306 g/mol. The van der Waals surface area contributed by atoms with Crippen molar-refractivity contribution < 1.29 is 4.52 Å². The molecule has 3 aromatic rings. The fourth-order valence-corrected chi connectivity index (χ4v) is 1.98. The summed E-state index contributed by atoms with van der Waals surface area (Å²) in [6.07, 6.45) is 1.59. The summed E-state index contributed by atoms with van der Waals surface area (Å²) in [4.78, 5) is 8.26. The van der Waals surface area contributed by atoms with E-state index in [0.717, 1.165) is 0 Å². The Morgan fingerprint density at radius 1 is 1.10 bits per heavy atom. The molecule has 2 N–H and O–H groups in total. The molecule has 0 aliphatic heterocycles. The standard InChI is InChI=1S/C13H8Cl2N4O/c14-9-4-3-7(6-10(9)15)12-18-13(20-19-12)8-2-1-5-17-11(8)16/h1-6H,(H2,16,17). The van der Waals surface area contributed by atoms with Crippen LogP contribution in [0.2, 0.25) is 10.0 Å². The maximum absolute atomic E-state index is 5.96. The number of halogens is 2. The lowest BCUT2D eigenvalue weighted by atomic mass is 10.2. The van der Waals surface area contributed by atoms with Gasteiger partial charge in [-0.15, -0.1) is 0 Å². The molecule has 0 aliphatic rings. The predicted molar refractivity (Wildman–Crippen MR) is 77.4 cm³/mol. The van der Waals surface area contributed by atoms with E-state index in [1.54, 1.807) is 36.5 Å². The Morgan fingerprint density at radius 2 is 1.95 bits per heavy atom. The molecule has 0 atom stereocenters. The van der Waals surface area contributed by atoms with E-state index in [4.69, 9.17) is 33.5 Å². The number of hydrogen-bond donors (Lipinski definition) is 1. The Bertz CT molecular complexity index is 773. The molecule has 1 aromatic carbocycles. The number of anilines is 1. The number of hydrogen-bond acceptors (Lipinski definition) is 5. The van der Waals surface area contributed by atoms with Gasteiger partial charge in [-0.25, -0.2) is 4.98 Å². The van der Waals surface area contributed by atoms with Gasteiger partial charge < -0.3 is 10.3 Å². The predicted octanol–water partition coefficient (Wildman–Crippen LogP) is 3.69. The Balaban J connectivity index is 2.02. The second-order valence-electron chi connectivity index (χ2n) is 3.99. The third-order valence-electron chi connectivity index (χ3n) is 2.67. The summed E-state index contributed by atoms with van der Waals surface area (Å²) in [5, 5.41) is 4.80. The minimum atomic E-state index is 0.302. The van der Waals surface area contributed by atoms with E-state index in [-0.39, 0.29) is 0 Å². The van der Waals surface area contributed by atoms with Crippen LogP contribution in [-0.4, -0.2) is 15.1 Å². The normalized spacial score (nSPS) is 10.7. The Labute approximate surface area is 124 Å². The van der Waals surface area contributed by atoms with E-state index in [2.05, 4.69) is 15.1 Å². The highest BCUT2D eigenvalue weighted by molar-refractivity contribution is 6.42. The van der Waals surface area contributed by atoms with Gasteiger partial charge in [-0.3, -0.25) is 0 Å². The van der Waals surface area contributed by atoms with Crippen LogP contribution < -0.4 is 5.73 Å². The molecule has 2 heterocycles. The molecule has 5 nitrogen and oxygen atoms in total.